The summed E-state index contributed by atoms with van der Waals surface area (Å²) in [5.41, 5.74) is 0.772. The van der Waals surface area contributed by atoms with Crippen LogP contribution in [-0.4, -0.2) is 28.6 Å². The molecule has 0 atom stereocenters. The Morgan fingerprint density at radius 1 is 0.952 bits per heavy atom. The van der Waals surface area contributed by atoms with E-state index in [1.807, 2.05) is 31.1 Å². The molecule has 0 spiro atoms. The number of rotatable bonds is 2. The van der Waals surface area contributed by atoms with Gasteiger partial charge in [-0.1, -0.05) is 34.8 Å². The van der Waals surface area contributed by atoms with Crippen LogP contribution >= 0.6 is 34.8 Å². The van der Waals surface area contributed by atoms with E-state index in [4.69, 9.17) is 34.8 Å². The number of fused-ring (bicyclic) bond motifs is 1. The van der Waals surface area contributed by atoms with Crippen molar-refractivity contribution in [3.05, 3.63) is 45.7 Å². The van der Waals surface area contributed by atoms with Gasteiger partial charge in [-0.05, 0) is 30.3 Å². The van der Waals surface area contributed by atoms with Gasteiger partial charge in [-0.15, -0.1) is 0 Å². The highest BCUT2D eigenvalue weighted by Gasteiger charge is 2.15. The van der Waals surface area contributed by atoms with E-state index in [0.29, 0.717) is 21.3 Å². The van der Waals surface area contributed by atoms with Crippen LogP contribution in [0.3, 0.4) is 0 Å². The average Bonchev–Trinajstić information content (AvgIpc) is 2.77. The van der Waals surface area contributed by atoms with Gasteiger partial charge < -0.3 is 4.90 Å². The number of nitrogens with zero attached hydrogens (tertiary/aromatic N) is 4. The summed E-state index contributed by atoms with van der Waals surface area (Å²) in [5.74, 6) is 1.17. The minimum absolute atomic E-state index is 0.425. The molecule has 0 radical (unpaired) electrons. The van der Waals surface area contributed by atoms with Crippen LogP contribution in [0.4, 0.5) is 5.82 Å². The van der Waals surface area contributed by atoms with E-state index in [1.54, 1.807) is 22.8 Å². The molecule has 3 rings (SSSR count). The molecule has 0 amide bonds. The van der Waals surface area contributed by atoms with Gasteiger partial charge in [0.1, 0.15) is 16.1 Å². The number of anilines is 1. The number of aromatic nitrogens is 3. The van der Waals surface area contributed by atoms with E-state index in [2.05, 4.69) is 9.97 Å². The van der Waals surface area contributed by atoms with Crippen molar-refractivity contribution in [1.29, 1.82) is 0 Å². The smallest absolute Gasteiger partial charge is 0.238 e. The van der Waals surface area contributed by atoms with Crippen LogP contribution in [0, 0.1) is 0 Å². The Morgan fingerprint density at radius 3 is 2.24 bits per heavy atom. The van der Waals surface area contributed by atoms with E-state index in [1.165, 1.54) is 0 Å². The van der Waals surface area contributed by atoms with Gasteiger partial charge in [0, 0.05) is 24.5 Å². The maximum Gasteiger partial charge on any atom is 0.238 e. The zero-order valence-corrected chi connectivity index (χ0v) is 13.6. The van der Waals surface area contributed by atoms with Gasteiger partial charge in [0.25, 0.3) is 0 Å². The van der Waals surface area contributed by atoms with Crippen molar-refractivity contribution in [1.82, 2.24) is 14.5 Å². The first-order chi connectivity index (χ1) is 9.97. The summed E-state index contributed by atoms with van der Waals surface area (Å²) >= 11 is 18.4. The van der Waals surface area contributed by atoms with Crippen LogP contribution in [-0.2, 0) is 0 Å². The van der Waals surface area contributed by atoms with Gasteiger partial charge in [-0.3, -0.25) is 4.57 Å². The van der Waals surface area contributed by atoms with Gasteiger partial charge in [0.15, 0.2) is 0 Å². The van der Waals surface area contributed by atoms with E-state index in [0.717, 1.165) is 16.7 Å². The lowest BCUT2D eigenvalue weighted by Gasteiger charge is -2.16. The summed E-state index contributed by atoms with van der Waals surface area (Å²) in [6.45, 7) is 0. The van der Waals surface area contributed by atoms with Crippen molar-refractivity contribution in [3.8, 4) is 5.95 Å². The molecule has 2 aromatic heterocycles. The molecule has 0 saturated carbocycles. The summed E-state index contributed by atoms with van der Waals surface area (Å²) < 4.78 is 1.59. The van der Waals surface area contributed by atoms with Crippen molar-refractivity contribution >= 4 is 51.5 Å². The maximum absolute atomic E-state index is 6.15. The Kier molecular flexibility index (Phi) is 3.69. The topological polar surface area (TPSA) is 34.0 Å². The quantitative estimate of drug-likeness (QED) is 0.690. The lowest BCUT2D eigenvalue weighted by molar-refractivity contribution is 0.935. The van der Waals surface area contributed by atoms with Crippen molar-refractivity contribution in [2.75, 3.05) is 19.0 Å². The summed E-state index contributed by atoms with van der Waals surface area (Å²) in [5, 5.41) is 2.42. The third-order valence-electron chi connectivity index (χ3n) is 3.04. The summed E-state index contributed by atoms with van der Waals surface area (Å²) in [6, 6.07) is 8.89. The Labute approximate surface area is 136 Å². The molecule has 0 aliphatic heterocycles. The number of benzene rings is 1. The van der Waals surface area contributed by atoms with Crippen LogP contribution < -0.4 is 4.90 Å². The zero-order valence-electron chi connectivity index (χ0n) is 11.3. The van der Waals surface area contributed by atoms with Crippen LogP contribution in [0.25, 0.3) is 16.9 Å². The second kappa shape index (κ2) is 5.37. The monoisotopic (exact) mass is 340 g/mol. The summed E-state index contributed by atoms with van der Waals surface area (Å²) in [4.78, 5) is 11.0. The Morgan fingerprint density at radius 2 is 1.62 bits per heavy atom. The first-order valence-electron chi connectivity index (χ1n) is 6.15. The van der Waals surface area contributed by atoms with Crippen molar-refractivity contribution in [2.24, 2.45) is 0 Å². The molecule has 4 nitrogen and oxygen atoms in total. The fourth-order valence-corrected chi connectivity index (χ4v) is 2.77. The van der Waals surface area contributed by atoms with Crippen LogP contribution in [0.1, 0.15) is 0 Å². The van der Waals surface area contributed by atoms with Crippen molar-refractivity contribution in [2.45, 2.75) is 0 Å². The molecule has 0 N–H and O–H groups in total. The second-order valence-electron chi connectivity index (χ2n) is 4.72. The fourth-order valence-electron chi connectivity index (χ4n) is 2.09. The predicted octanol–water partition coefficient (Wildman–Crippen LogP) is 4.45. The second-order valence-corrected chi connectivity index (χ2v) is 5.93. The lowest BCUT2D eigenvalue weighted by atomic mass is 10.2. The minimum atomic E-state index is 0.425. The van der Waals surface area contributed by atoms with Gasteiger partial charge in [0.2, 0.25) is 5.95 Å². The summed E-state index contributed by atoms with van der Waals surface area (Å²) in [6.07, 6.45) is 0. The average molecular weight is 342 g/mol. The van der Waals surface area contributed by atoms with E-state index >= 15 is 0 Å². The molecule has 0 saturated heterocycles. The Hall–Kier alpha value is -1.49. The number of hydrogen-bond donors (Lipinski definition) is 0. The standard InChI is InChI=1S/C14H11Cl3N4/c1-20(2)13-9-7-8(15)3-4-10(9)18-14(19-13)21-11(16)5-6-12(21)17/h3-7H,1-2H3. The molecule has 1 aromatic carbocycles. The van der Waals surface area contributed by atoms with Gasteiger partial charge >= 0.3 is 0 Å². The van der Waals surface area contributed by atoms with Gasteiger partial charge in [0.05, 0.1) is 5.52 Å². The lowest BCUT2D eigenvalue weighted by Crippen LogP contribution is -2.14. The molecule has 108 valence electrons. The third-order valence-corrected chi connectivity index (χ3v) is 3.86. The minimum Gasteiger partial charge on any atom is -0.362 e. The van der Waals surface area contributed by atoms with Crippen molar-refractivity contribution < 1.29 is 0 Å². The molecule has 0 fully saturated rings. The van der Waals surface area contributed by atoms with Crippen LogP contribution in [0.2, 0.25) is 15.3 Å². The highest BCUT2D eigenvalue weighted by molar-refractivity contribution is 6.34. The normalized spacial score (nSPS) is 11.1. The largest absolute Gasteiger partial charge is 0.362 e. The highest BCUT2D eigenvalue weighted by Crippen LogP contribution is 2.29. The molecule has 7 heteroatoms. The molecule has 0 unspecified atom stereocenters. The van der Waals surface area contributed by atoms with E-state index < -0.39 is 0 Å². The third kappa shape index (κ3) is 2.55. The molecule has 2 heterocycles. The highest BCUT2D eigenvalue weighted by atomic mass is 35.5. The molecular weight excluding hydrogens is 331 g/mol. The molecule has 3 aromatic rings. The Bertz CT molecular complexity index is 807. The SMILES string of the molecule is CN(C)c1nc(-n2c(Cl)ccc2Cl)nc2ccc(Cl)cc12. The van der Waals surface area contributed by atoms with E-state index in [9.17, 15) is 0 Å². The first-order valence-corrected chi connectivity index (χ1v) is 7.28. The van der Waals surface area contributed by atoms with Crippen LogP contribution in [0.5, 0.6) is 0 Å². The van der Waals surface area contributed by atoms with E-state index in [-0.39, 0.29) is 0 Å². The van der Waals surface area contributed by atoms with Crippen LogP contribution in [0.15, 0.2) is 30.3 Å². The summed E-state index contributed by atoms with van der Waals surface area (Å²) in [7, 11) is 3.82. The predicted molar refractivity (Wildman–Crippen MR) is 88.2 cm³/mol. The zero-order chi connectivity index (χ0) is 15.1. The number of hydrogen-bond acceptors (Lipinski definition) is 3. The first kappa shape index (κ1) is 14.4. The maximum atomic E-state index is 6.15. The molecule has 0 aliphatic rings. The Balaban J connectivity index is 2.34. The molecule has 21 heavy (non-hydrogen) atoms. The molecule has 0 aliphatic carbocycles. The van der Waals surface area contributed by atoms with Gasteiger partial charge in [-0.25, -0.2) is 4.98 Å². The molecule has 0 bridgehead atoms. The van der Waals surface area contributed by atoms with Gasteiger partial charge in [-0.2, -0.15) is 4.98 Å². The molecular formula is C14H11Cl3N4. The number of halogens is 3. The fraction of sp³-hybridized carbons (Fsp3) is 0.143. The van der Waals surface area contributed by atoms with Crippen molar-refractivity contribution in [3.63, 3.8) is 0 Å².